The van der Waals surface area contributed by atoms with Gasteiger partial charge in [0, 0.05) is 69.1 Å². The molecule has 1 aromatic carbocycles. The first-order valence-electron chi connectivity index (χ1n) is 12.1. The van der Waals surface area contributed by atoms with Crippen molar-refractivity contribution in [3.05, 3.63) is 60.8 Å². The van der Waals surface area contributed by atoms with Gasteiger partial charge in [0.2, 0.25) is 5.91 Å². The number of nitrogens with one attached hydrogen (secondary N) is 1. The molecule has 2 aromatic heterocycles. The van der Waals surface area contributed by atoms with Crippen molar-refractivity contribution in [1.82, 2.24) is 19.9 Å². The second-order valence-electron chi connectivity index (χ2n) is 9.35. The molecule has 3 aliphatic rings. The van der Waals surface area contributed by atoms with Crippen LogP contribution in [0.15, 0.2) is 55.2 Å². The topological polar surface area (TPSA) is 77.5 Å². The van der Waals surface area contributed by atoms with Gasteiger partial charge < -0.3 is 15.1 Å². The Morgan fingerprint density at radius 3 is 2.50 bits per heavy atom. The molecular weight excluding hydrogens is 426 g/mol. The highest BCUT2D eigenvalue weighted by atomic mass is 16.2. The maximum atomic E-state index is 12.6. The van der Waals surface area contributed by atoms with Crippen LogP contribution in [0, 0.1) is 0 Å². The monoisotopic (exact) mass is 455 g/mol. The van der Waals surface area contributed by atoms with Crippen molar-refractivity contribution in [2.75, 3.05) is 47.8 Å². The number of carbonyl (C=O) groups excluding carboxylic acids is 1. The summed E-state index contributed by atoms with van der Waals surface area (Å²) in [6.45, 7) is 5.72. The first kappa shape index (κ1) is 21.0. The van der Waals surface area contributed by atoms with Gasteiger partial charge in [0.1, 0.15) is 12.4 Å². The average molecular weight is 456 g/mol. The van der Waals surface area contributed by atoms with Crippen LogP contribution in [0.2, 0.25) is 0 Å². The van der Waals surface area contributed by atoms with Crippen LogP contribution in [-0.4, -0.2) is 64.5 Å². The molecule has 1 N–H and O–H groups in total. The molecule has 5 heterocycles. The summed E-state index contributed by atoms with van der Waals surface area (Å²) in [5, 5.41) is 3.10. The lowest BCUT2D eigenvalue weighted by atomic mass is 9.99. The van der Waals surface area contributed by atoms with Crippen LogP contribution in [0.3, 0.4) is 0 Å². The summed E-state index contributed by atoms with van der Waals surface area (Å²) in [5.74, 6) is 1.05. The number of hydrogen-bond acceptors (Lipinski definition) is 7. The summed E-state index contributed by atoms with van der Waals surface area (Å²) in [5.41, 5.74) is 5.42. The van der Waals surface area contributed by atoms with E-state index in [1.165, 1.54) is 5.69 Å². The van der Waals surface area contributed by atoms with E-state index in [1.54, 1.807) is 6.33 Å². The van der Waals surface area contributed by atoms with Gasteiger partial charge in [-0.2, -0.15) is 0 Å². The van der Waals surface area contributed by atoms with Gasteiger partial charge in [-0.3, -0.25) is 9.69 Å². The minimum absolute atomic E-state index is 0.0530. The molecule has 6 rings (SSSR count). The largest absolute Gasteiger partial charge is 0.369 e. The van der Waals surface area contributed by atoms with E-state index in [9.17, 15) is 4.79 Å². The van der Waals surface area contributed by atoms with Crippen LogP contribution >= 0.6 is 0 Å². The normalized spacial score (nSPS) is 20.5. The van der Waals surface area contributed by atoms with E-state index in [1.807, 2.05) is 18.6 Å². The maximum Gasteiger partial charge on any atom is 0.247 e. The number of pyridine rings is 1. The SMILES string of the molecule is O=C1Nc2cc(CN3CCN(c4ccc(-c5cncnc5)cc4)CC3)cnc2N2CCCC[C@@H]12. The number of aromatic nitrogens is 3. The fraction of sp³-hybridized carbons (Fsp3) is 0.385. The second-order valence-corrected chi connectivity index (χ2v) is 9.35. The number of carbonyl (C=O) groups is 1. The Hall–Kier alpha value is -3.52. The summed E-state index contributed by atoms with van der Waals surface area (Å²) in [6.07, 6.45) is 10.4. The fourth-order valence-electron chi connectivity index (χ4n) is 5.32. The number of anilines is 3. The van der Waals surface area contributed by atoms with Gasteiger partial charge in [-0.15, -0.1) is 0 Å². The van der Waals surface area contributed by atoms with Crippen molar-refractivity contribution in [3.8, 4) is 11.1 Å². The molecule has 3 aliphatic heterocycles. The molecule has 3 aromatic rings. The van der Waals surface area contributed by atoms with Crippen molar-refractivity contribution >= 4 is 23.1 Å². The van der Waals surface area contributed by atoms with E-state index in [0.717, 1.165) is 86.7 Å². The molecule has 1 amide bonds. The van der Waals surface area contributed by atoms with Gasteiger partial charge in [0.05, 0.1) is 5.69 Å². The third kappa shape index (κ3) is 4.09. The Morgan fingerprint density at radius 1 is 0.912 bits per heavy atom. The standard InChI is InChI=1S/C26H29N7O/c34-26-24-3-1-2-8-33(24)25-23(30-26)13-19(14-29-25)17-31-9-11-32(12-10-31)22-6-4-20(5-7-22)21-15-27-18-28-16-21/h4-7,13-16,18,24H,1-3,8-12,17H2,(H,30,34)/t24-/m0/s1. The minimum atomic E-state index is -0.0530. The van der Waals surface area contributed by atoms with Gasteiger partial charge >= 0.3 is 0 Å². The number of piperazine rings is 1. The van der Waals surface area contributed by atoms with Crippen molar-refractivity contribution in [2.24, 2.45) is 0 Å². The number of amides is 1. The predicted molar refractivity (Wildman–Crippen MR) is 133 cm³/mol. The van der Waals surface area contributed by atoms with E-state index >= 15 is 0 Å². The predicted octanol–water partition coefficient (Wildman–Crippen LogP) is 3.17. The van der Waals surface area contributed by atoms with Gasteiger partial charge in [-0.05, 0) is 48.6 Å². The third-order valence-corrected chi connectivity index (χ3v) is 7.16. The number of benzene rings is 1. The Labute approximate surface area is 199 Å². The van der Waals surface area contributed by atoms with E-state index in [4.69, 9.17) is 4.98 Å². The molecule has 1 atom stereocenters. The maximum absolute atomic E-state index is 12.6. The molecule has 0 spiro atoms. The number of hydrogen-bond donors (Lipinski definition) is 1. The molecule has 8 heteroatoms. The third-order valence-electron chi connectivity index (χ3n) is 7.16. The van der Waals surface area contributed by atoms with Gasteiger partial charge in [-0.1, -0.05) is 12.1 Å². The van der Waals surface area contributed by atoms with Crippen molar-refractivity contribution in [1.29, 1.82) is 0 Å². The van der Waals surface area contributed by atoms with Crippen LogP contribution < -0.4 is 15.1 Å². The second kappa shape index (κ2) is 9.02. The van der Waals surface area contributed by atoms with Crippen molar-refractivity contribution < 1.29 is 4.79 Å². The molecule has 0 bridgehead atoms. The molecule has 2 saturated heterocycles. The number of nitrogens with zero attached hydrogens (tertiary/aromatic N) is 6. The Balaban J connectivity index is 1.08. The van der Waals surface area contributed by atoms with Gasteiger partial charge in [-0.25, -0.2) is 15.0 Å². The molecule has 2 fully saturated rings. The zero-order valence-corrected chi connectivity index (χ0v) is 19.2. The van der Waals surface area contributed by atoms with Gasteiger partial charge in [0.15, 0.2) is 5.82 Å². The van der Waals surface area contributed by atoms with Crippen LogP contribution in [0.25, 0.3) is 11.1 Å². The zero-order chi connectivity index (χ0) is 22.9. The molecule has 0 aliphatic carbocycles. The van der Waals surface area contributed by atoms with Crippen molar-refractivity contribution in [3.63, 3.8) is 0 Å². The highest BCUT2D eigenvalue weighted by Crippen LogP contribution is 2.35. The smallest absolute Gasteiger partial charge is 0.247 e. The lowest BCUT2D eigenvalue weighted by molar-refractivity contribution is -0.118. The average Bonchev–Trinajstić information content (AvgIpc) is 2.90. The van der Waals surface area contributed by atoms with Crippen LogP contribution in [0.5, 0.6) is 0 Å². The van der Waals surface area contributed by atoms with Gasteiger partial charge in [0.25, 0.3) is 0 Å². The Morgan fingerprint density at radius 2 is 1.71 bits per heavy atom. The summed E-state index contributed by atoms with van der Waals surface area (Å²) in [6, 6.07) is 10.7. The summed E-state index contributed by atoms with van der Waals surface area (Å²) >= 11 is 0. The van der Waals surface area contributed by atoms with E-state index < -0.39 is 0 Å². The lowest BCUT2D eigenvalue weighted by Crippen LogP contribution is -2.51. The fourth-order valence-corrected chi connectivity index (χ4v) is 5.32. The molecule has 0 saturated carbocycles. The molecule has 0 radical (unpaired) electrons. The quantitative estimate of drug-likeness (QED) is 0.647. The zero-order valence-electron chi connectivity index (χ0n) is 19.2. The van der Waals surface area contributed by atoms with Crippen LogP contribution in [0.4, 0.5) is 17.2 Å². The van der Waals surface area contributed by atoms with Crippen molar-refractivity contribution in [2.45, 2.75) is 31.8 Å². The molecule has 174 valence electrons. The molecule has 0 unspecified atom stereocenters. The summed E-state index contributed by atoms with van der Waals surface area (Å²) < 4.78 is 0. The minimum Gasteiger partial charge on any atom is -0.369 e. The molecule has 34 heavy (non-hydrogen) atoms. The summed E-state index contributed by atoms with van der Waals surface area (Å²) in [4.78, 5) is 32.6. The van der Waals surface area contributed by atoms with E-state index in [2.05, 4.69) is 60.3 Å². The first-order chi connectivity index (χ1) is 16.7. The number of fused-ring (bicyclic) bond motifs is 3. The first-order valence-corrected chi connectivity index (χ1v) is 12.1. The summed E-state index contributed by atoms with van der Waals surface area (Å²) in [7, 11) is 0. The number of rotatable bonds is 4. The van der Waals surface area contributed by atoms with E-state index in [-0.39, 0.29) is 11.9 Å². The highest BCUT2D eigenvalue weighted by molar-refractivity contribution is 6.02. The highest BCUT2D eigenvalue weighted by Gasteiger charge is 2.35. The molecular formula is C26H29N7O. The van der Waals surface area contributed by atoms with E-state index in [0.29, 0.717) is 0 Å². The lowest BCUT2D eigenvalue weighted by Gasteiger charge is -2.40. The Kier molecular flexibility index (Phi) is 5.58. The number of piperidine rings is 1. The van der Waals surface area contributed by atoms with Crippen LogP contribution in [-0.2, 0) is 11.3 Å². The Bertz CT molecular complexity index is 1160. The van der Waals surface area contributed by atoms with Crippen LogP contribution in [0.1, 0.15) is 24.8 Å². The molecule has 8 nitrogen and oxygen atoms in total.